The minimum atomic E-state index is -0.445. The summed E-state index contributed by atoms with van der Waals surface area (Å²) in [6.45, 7) is 2.30. The molecule has 0 amide bonds. The van der Waals surface area contributed by atoms with Gasteiger partial charge in [-0.15, -0.1) is 0 Å². The van der Waals surface area contributed by atoms with Gasteiger partial charge < -0.3 is 15.2 Å². The topological polar surface area (TPSA) is 58.6 Å². The van der Waals surface area contributed by atoms with Crippen molar-refractivity contribution in [3.05, 3.63) is 35.9 Å². The molecule has 0 aromatic heterocycles. The molecule has 0 saturated carbocycles. The Labute approximate surface area is 101 Å². The van der Waals surface area contributed by atoms with Gasteiger partial charge in [0.05, 0.1) is 6.10 Å². The van der Waals surface area contributed by atoms with Crippen molar-refractivity contribution in [1.82, 2.24) is 5.32 Å². The number of esters is 1. The molecule has 1 fully saturated rings. The van der Waals surface area contributed by atoms with Crippen LogP contribution in [0.15, 0.2) is 30.3 Å². The van der Waals surface area contributed by atoms with Gasteiger partial charge in [0.15, 0.2) is 0 Å². The zero-order valence-corrected chi connectivity index (χ0v) is 9.80. The molecular formula is C13H17NO3. The van der Waals surface area contributed by atoms with Gasteiger partial charge in [-0.1, -0.05) is 30.3 Å². The Morgan fingerprint density at radius 1 is 1.47 bits per heavy atom. The van der Waals surface area contributed by atoms with Crippen LogP contribution in [0.25, 0.3) is 0 Å². The molecule has 4 heteroatoms. The maximum Gasteiger partial charge on any atom is 0.323 e. The molecular weight excluding hydrogens is 218 g/mol. The van der Waals surface area contributed by atoms with E-state index < -0.39 is 6.10 Å². The predicted molar refractivity (Wildman–Crippen MR) is 63.4 cm³/mol. The van der Waals surface area contributed by atoms with Crippen molar-refractivity contribution in [1.29, 1.82) is 0 Å². The summed E-state index contributed by atoms with van der Waals surface area (Å²) < 4.78 is 5.36. The summed E-state index contributed by atoms with van der Waals surface area (Å²) in [6.07, 6.45) is -0.275. The summed E-state index contributed by atoms with van der Waals surface area (Å²) in [5.74, 6) is -0.294. The van der Waals surface area contributed by atoms with Crippen LogP contribution in [-0.4, -0.2) is 29.8 Å². The summed E-state index contributed by atoms with van der Waals surface area (Å²) in [5, 5.41) is 12.3. The molecule has 1 aliphatic rings. The van der Waals surface area contributed by atoms with Crippen LogP contribution in [-0.2, 0) is 9.53 Å². The number of nitrogens with one attached hydrogen (secondary N) is 1. The lowest BCUT2D eigenvalue weighted by Gasteiger charge is -2.16. The lowest BCUT2D eigenvalue weighted by molar-refractivity contribution is -0.150. The number of carbonyl (C=O) groups excluding carboxylic acids is 1. The zero-order chi connectivity index (χ0) is 12.3. The van der Waals surface area contributed by atoms with Gasteiger partial charge in [-0.3, -0.25) is 4.79 Å². The number of ether oxygens (including phenoxy) is 1. The highest BCUT2D eigenvalue weighted by atomic mass is 16.5. The molecule has 3 atom stereocenters. The molecule has 0 bridgehead atoms. The molecule has 0 aliphatic carbocycles. The molecule has 1 unspecified atom stereocenters. The number of aliphatic hydroxyl groups is 1. The average molecular weight is 235 g/mol. The minimum Gasteiger partial charge on any atom is -0.457 e. The van der Waals surface area contributed by atoms with Gasteiger partial charge >= 0.3 is 5.97 Å². The number of carbonyl (C=O) groups is 1. The molecule has 2 rings (SSSR count). The fourth-order valence-electron chi connectivity index (χ4n) is 1.95. The highest BCUT2D eigenvalue weighted by Gasteiger charge is 2.30. The SMILES string of the molecule is CC(OC(=O)[C@@H]1C[C@H](O)CN1)c1ccccc1. The summed E-state index contributed by atoms with van der Waals surface area (Å²) >= 11 is 0. The molecule has 1 heterocycles. The van der Waals surface area contributed by atoms with Gasteiger partial charge in [0.25, 0.3) is 0 Å². The average Bonchev–Trinajstić information content (AvgIpc) is 2.77. The van der Waals surface area contributed by atoms with Gasteiger partial charge in [-0.25, -0.2) is 0 Å². The summed E-state index contributed by atoms with van der Waals surface area (Å²) in [4.78, 5) is 11.8. The first kappa shape index (κ1) is 12.1. The van der Waals surface area contributed by atoms with E-state index in [-0.39, 0.29) is 18.1 Å². The summed E-state index contributed by atoms with van der Waals surface area (Å²) in [5.41, 5.74) is 0.972. The van der Waals surface area contributed by atoms with Crippen molar-refractivity contribution >= 4 is 5.97 Å². The second kappa shape index (κ2) is 5.29. The molecule has 0 spiro atoms. The summed E-state index contributed by atoms with van der Waals surface area (Å²) in [7, 11) is 0. The third-order valence-electron chi connectivity index (χ3n) is 2.95. The van der Waals surface area contributed by atoms with E-state index in [1.807, 2.05) is 37.3 Å². The number of aliphatic hydroxyl groups excluding tert-OH is 1. The molecule has 2 N–H and O–H groups in total. The number of rotatable bonds is 3. The Balaban J connectivity index is 1.91. The first-order chi connectivity index (χ1) is 8.16. The molecule has 0 radical (unpaired) electrons. The Kier molecular flexibility index (Phi) is 3.76. The second-order valence-corrected chi connectivity index (χ2v) is 4.34. The third-order valence-corrected chi connectivity index (χ3v) is 2.95. The van der Waals surface area contributed by atoms with Crippen molar-refractivity contribution in [2.75, 3.05) is 6.54 Å². The Hall–Kier alpha value is -1.39. The second-order valence-electron chi connectivity index (χ2n) is 4.34. The largest absolute Gasteiger partial charge is 0.457 e. The van der Waals surface area contributed by atoms with E-state index in [4.69, 9.17) is 4.74 Å². The number of benzene rings is 1. The van der Waals surface area contributed by atoms with Crippen molar-refractivity contribution in [3.63, 3.8) is 0 Å². The van der Waals surface area contributed by atoms with Gasteiger partial charge in [0.1, 0.15) is 12.1 Å². The minimum absolute atomic E-state index is 0.261. The third kappa shape index (κ3) is 3.05. The molecule has 1 aromatic rings. The zero-order valence-electron chi connectivity index (χ0n) is 9.80. The van der Waals surface area contributed by atoms with E-state index >= 15 is 0 Å². The number of hydrogen-bond donors (Lipinski definition) is 2. The van der Waals surface area contributed by atoms with Crippen LogP contribution in [0.1, 0.15) is 25.0 Å². The van der Waals surface area contributed by atoms with Crippen molar-refractivity contribution in [2.45, 2.75) is 31.6 Å². The molecule has 1 aromatic carbocycles. The van der Waals surface area contributed by atoms with Crippen molar-refractivity contribution in [3.8, 4) is 0 Å². The Bertz CT molecular complexity index is 380. The van der Waals surface area contributed by atoms with Gasteiger partial charge in [0, 0.05) is 13.0 Å². The molecule has 17 heavy (non-hydrogen) atoms. The van der Waals surface area contributed by atoms with Crippen LogP contribution in [0.3, 0.4) is 0 Å². The smallest absolute Gasteiger partial charge is 0.323 e. The van der Waals surface area contributed by atoms with E-state index in [1.54, 1.807) is 0 Å². The highest BCUT2D eigenvalue weighted by molar-refractivity contribution is 5.76. The van der Waals surface area contributed by atoms with Gasteiger partial charge in [-0.2, -0.15) is 0 Å². The van der Waals surface area contributed by atoms with Crippen LogP contribution in [0.4, 0.5) is 0 Å². The molecule has 4 nitrogen and oxygen atoms in total. The maximum atomic E-state index is 11.8. The van der Waals surface area contributed by atoms with Crippen LogP contribution in [0.2, 0.25) is 0 Å². The monoisotopic (exact) mass is 235 g/mol. The van der Waals surface area contributed by atoms with Crippen LogP contribution in [0.5, 0.6) is 0 Å². The van der Waals surface area contributed by atoms with Crippen LogP contribution in [0, 0.1) is 0 Å². The first-order valence-electron chi connectivity index (χ1n) is 5.83. The standard InChI is InChI=1S/C13H17NO3/c1-9(10-5-3-2-4-6-10)17-13(16)12-7-11(15)8-14-12/h2-6,9,11-12,14-15H,7-8H2,1H3/t9?,11-,12-/m0/s1. The Morgan fingerprint density at radius 3 is 2.76 bits per heavy atom. The number of β-amino-alcohol motifs (C(OH)–C–C–N with tert-alkyl or cyclic N) is 1. The fourth-order valence-corrected chi connectivity index (χ4v) is 1.95. The van der Waals surface area contributed by atoms with Crippen LogP contribution < -0.4 is 5.32 Å². The lowest BCUT2D eigenvalue weighted by atomic mass is 10.1. The van der Waals surface area contributed by atoms with E-state index in [2.05, 4.69) is 5.32 Å². The van der Waals surface area contributed by atoms with Crippen molar-refractivity contribution in [2.24, 2.45) is 0 Å². The molecule has 1 saturated heterocycles. The van der Waals surface area contributed by atoms with Gasteiger partial charge in [-0.05, 0) is 12.5 Å². The van der Waals surface area contributed by atoms with Crippen molar-refractivity contribution < 1.29 is 14.6 Å². The van der Waals surface area contributed by atoms with E-state index in [1.165, 1.54) is 0 Å². The summed E-state index contributed by atoms with van der Waals surface area (Å²) in [6, 6.07) is 9.22. The highest BCUT2D eigenvalue weighted by Crippen LogP contribution is 2.18. The van der Waals surface area contributed by atoms with Gasteiger partial charge in [0.2, 0.25) is 0 Å². The number of hydrogen-bond acceptors (Lipinski definition) is 4. The molecule has 92 valence electrons. The lowest BCUT2D eigenvalue weighted by Crippen LogP contribution is -2.32. The van der Waals surface area contributed by atoms with Crippen LogP contribution >= 0.6 is 0 Å². The predicted octanol–water partition coefficient (Wildman–Crippen LogP) is 1.01. The fraction of sp³-hybridized carbons (Fsp3) is 0.462. The first-order valence-corrected chi connectivity index (χ1v) is 5.83. The molecule has 1 aliphatic heterocycles. The van der Waals surface area contributed by atoms with E-state index in [0.717, 1.165) is 5.56 Å². The normalized spacial score (nSPS) is 25.5. The maximum absolute atomic E-state index is 11.8. The van der Waals surface area contributed by atoms with E-state index in [0.29, 0.717) is 13.0 Å². The van der Waals surface area contributed by atoms with E-state index in [9.17, 15) is 9.90 Å². The quantitative estimate of drug-likeness (QED) is 0.768. The Morgan fingerprint density at radius 2 is 2.18 bits per heavy atom.